The third-order valence-electron chi connectivity index (χ3n) is 2.07. The molecule has 0 spiro atoms. The van der Waals surface area contributed by atoms with Crippen molar-refractivity contribution in [3.8, 4) is 5.75 Å². The van der Waals surface area contributed by atoms with E-state index in [1.54, 1.807) is 18.6 Å². The van der Waals surface area contributed by atoms with Crippen molar-refractivity contribution in [2.45, 2.75) is 12.8 Å². The van der Waals surface area contributed by atoms with Gasteiger partial charge in [-0.05, 0) is 0 Å². The monoisotopic (exact) mass is 211 g/mol. The Morgan fingerprint density at radius 2 is 2.00 bits per heavy atom. The highest BCUT2D eigenvalue weighted by Crippen LogP contribution is 2.32. The molecule has 2 heterocycles. The summed E-state index contributed by atoms with van der Waals surface area (Å²) in [4.78, 5) is 23.9. The zero-order valence-corrected chi connectivity index (χ0v) is 8.47. The number of carbonyl (C=O) groups is 2. The van der Waals surface area contributed by atoms with Crippen LogP contribution in [0.25, 0.3) is 0 Å². The summed E-state index contributed by atoms with van der Waals surface area (Å²) in [6.45, 7) is 0. The molecule has 14 heavy (non-hydrogen) atoms. The van der Waals surface area contributed by atoms with Gasteiger partial charge in [0.2, 0.25) is 11.8 Å². The van der Waals surface area contributed by atoms with E-state index in [0.29, 0.717) is 23.6 Å². The lowest BCUT2D eigenvalue weighted by Crippen LogP contribution is -2.27. The van der Waals surface area contributed by atoms with E-state index in [2.05, 4.69) is 0 Å². The molecule has 0 atom stereocenters. The van der Waals surface area contributed by atoms with E-state index in [1.807, 2.05) is 0 Å². The fourth-order valence-electron chi connectivity index (χ4n) is 1.35. The van der Waals surface area contributed by atoms with E-state index in [0.717, 1.165) is 0 Å². The normalized spacial score (nSPS) is 16.5. The average Bonchev–Trinajstić information content (AvgIpc) is 2.73. The van der Waals surface area contributed by atoms with Crippen LogP contribution in [-0.2, 0) is 9.59 Å². The van der Waals surface area contributed by atoms with E-state index in [9.17, 15) is 9.59 Å². The molecule has 2 rings (SSSR count). The zero-order chi connectivity index (χ0) is 10.1. The highest BCUT2D eigenvalue weighted by molar-refractivity contribution is 7.14. The molecule has 0 aliphatic carbocycles. The molecule has 0 aromatic carbocycles. The van der Waals surface area contributed by atoms with Crippen LogP contribution in [0.2, 0.25) is 0 Å². The Morgan fingerprint density at radius 1 is 1.36 bits per heavy atom. The van der Waals surface area contributed by atoms with Crippen molar-refractivity contribution in [2.24, 2.45) is 0 Å². The summed E-state index contributed by atoms with van der Waals surface area (Å²) in [6, 6.07) is 1.70. The minimum absolute atomic E-state index is 0.125. The number of imide groups is 1. The van der Waals surface area contributed by atoms with Crippen LogP contribution in [-0.4, -0.2) is 18.9 Å². The molecule has 5 heteroatoms. The van der Waals surface area contributed by atoms with Gasteiger partial charge >= 0.3 is 0 Å². The largest absolute Gasteiger partial charge is 0.496 e. The number of carbonyl (C=O) groups excluding carboxylic acids is 2. The summed E-state index contributed by atoms with van der Waals surface area (Å²) in [5, 5.41) is 2.42. The molecule has 0 radical (unpaired) electrons. The molecule has 0 bridgehead atoms. The van der Waals surface area contributed by atoms with E-state index < -0.39 is 0 Å². The van der Waals surface area contributed by atoms with Gasteiger partial charge in [0.05, 0.1) is 7.11 Å². The molecule has 0 unspecified atom stereocenters. The van der Waals surface area contributed by atoms with Gasteiger partial charge in [-0.1, -0.05) is 0 Å². The number of hydrogen-bond acceptors (Lipinski definition) is 4. The van der Waals surface area contributed by atoms with Gasteiger partial charge < -0.3 is 4.74 Å². The summed E-state index contributed by atoms with van der Waals surface area (Å²) >= 11 is 1.34. The maximum absolute atomic E-state index is 11.4. The van der Waals surface area contributed by atoms with Gasteiger partial charge in [0.15, 0.2) is 0 Å². The van der Waals surface area contributed by atoms with Crippen molar-refractivity contribution in [1.29, 1.82) is 0 Å². The maximum Gasteiger partial charge on any atom is 0.234 e. The van der Waals surface area contributed by atoms with Crippen molar-refractivity contribution in [1.82, 2.24) is 0 Å². The van der Waals surface area contributed by atoms with Crippen LogP contribution >= 0.6 is 11.3 Å². The quantitative estimate of drug-likeness (QED) is 0.695. The van der Waals surface area contributed by atoms with Crippen LogP contribution in [0, 0.1) is 0 Å². The van der Waals surface area contributed by atoms with Crippen LogP contribution < -0.4 is 9.64 Å². The molecule has 1 aliphatic rings. The number of thiophene rings is 1. The molecule has 0 saturated carbocycles. The summed E-state index contributed by atoms with van der Waals surface area (Å²) in [7, 11) is 1.56. The lowest BCUT2D eigenvalue weighted by Gasteiger charge is -2.09. The van der Waals surface area contributed by atoms with Crippen molar-refractivity contribution in [3.05, 3.63) is 11.4 Å². The average molecular weight is 211 g/mol. The molecule has 0 N–H and O–H groups in total. The molecule has 74 valence electrons. The standard InChI is InChI=1S/C9H9NO3S/c1-13-6-4-9(14-5-6)10-7(11)2-3-8(10)12/h4-5H,2-3H2,1H3. The number of hydrogen-bond donors (Lipinski definition) is 0. The number of amides is 2. The molecule has 1 saturated heterocycles. The van der Waals surface area contributed by atoms with Gasteiger partial charge in [0.1, 0.15) is 10.8 Å². The molecular formula is C9H9NO3S. The van der Waals surface area contributed by atoms with E-state index in [1.165, 1.54) is 16.2 Å². The van der Waals surface area contributed by atoms with Gasteiger partial charge in [0.25, 0.3) is 0 Å². The summed E-state index contributed by atoms with van der Waals surface area (Å²) in [6.07, 6.45) is 0.637. The minimum Gasteiger partial charge on any atom is -0.496 e. The third-order valence-corrected chi connectivity index (χ3v) is 2.96. The fraction of sp³-hybridized carbons (Fsp3) is 0.333. The van der Waals surface area contributed by atoms with Crippen LogP contribution in [0.4, 0.5) is 5.00 Å². The predicted molar refractivity (Wildman–Crippen MR) is 52.6 cm³/mol. The lowest BCUT2D eigenvalue weighted by molar-refractivity contribution is -0.121. The number of nitrogens with zero attached hydrogens (tertiary/aromatic N) is 1. The summed E-state index contributed by atoms with van der Waals surface area (Å²) in [5.74, 6) is 0.427. The van der Waals surface area contributed by atoms with Crippen LogP contribution in [0.5, 0.6) is 5.75 Å². The first-order chi connectivity index (χ1) is 6.72. The van der Waals surface area contributed by atoms with Crippen molar-refractivity contribution in [3.63, 3.8) is 0 Å². The SMILES string of the molecule is COc1csc(N2C(=O)CCC2=O)c1. The van der Waals surface area contributed by atoms with Crippen LogP contribution in [0.1, 0.15) is 12.8 Å². The molecule has 1 aliphatic heterocycles. The second-order valence-corrected chi connectivity index (χ2v) is 3.84. The van der Waals surface area contributed by atoms with Gasteiger partial charge in [0, 0.05) is 24.3 Å². The van der Waals surface area contributed by atoms with E-state index in [-0.39, 0.29) is 11.8 Å². The Labute approximate surface area is 85.1 Å². The first-order valence-corrected chi connectivity index (χ1v) is 5.08. The van der Waals surface area contributed by atoms with Crippen molar-refractivity contribution < 1.29 is 14.3 Å². The summed E-state index contributed by atoms with van der Waals surface area (Å²) in [5.41, 5.74) is 0. The Kier molecular flexibility index (Phi) is 2.25. The highest BCUT2D eigenvalue weighted by atomic mass is 32.1. The van der Waals surface area contributed by atoms with Crippen LogP contribution in [0.15, 0.2) is 11.4 Å². The molecule has 1 aromatic heterocycles. The van der Waals surface area contributed by atoms with Gasteiger partial charge in [-0.15, -0.1) is 11.3 Å². The van der Waals surface area contributed by atoms with E-state index in [4.69, 9.17) is 4.74 Å². The number of ether oxygens (including phenoxy) is 1. The minimum atomic E-state index is -0.125. The first-order valence-electron chi connectivity index (χ1n) is 4.20. The zero-order valence-electron chi connectivity index (χ0n) is 7.65. The number of rotatable bonds is 2. The molecule has 1 aromatic rings. The topological polar surface area (TPSA) is 46.6 Å². The smallest absolute Gasteiger partial charge is 0.234 e. The highest BCUT2D eigenvalue weighted by Gasteiger charge is 2.31. The lowest BCUT2D eigenvalue weighted by atomic mass is 10.4. The Hall–Kier alpha value is -1.36. The predicted octanol–water partition coefficient (Wildman–Crippen LogP) is 1.41. The van der Waals surface area contributed by atoms with Gasteiger partial charge in [-0.25, -0.2) is 4.90 Å². The Morgan fingerprint density at radius 3 is 2.50 bits per heavy atom. The molecule has 2 amide bonds. The van der Waals surface area contributed by atoms with Crippen molar-refractivity contribution in [2.75, 3.05) is 12.0 Å². The first kappa shape index (κ1) is 9.21. The van der Waals surface area contributed by atoms with Gasteiger partial charge in [-0.3, -0.25) is 9.59 Å². The molecule has 4 nitrogen and oxygen atoms in total. The van der Waals surface area contributed by atoms with Crippen molar-refractivity contribution >= 4 is 28.2 Å². The number of anilines is 1. The van der Waals surface area contributed by atoms with Gasteiger partial charge in [-0.2, -0.15) is 0 Å². The van der Waals surface area contributed by atoms with E-state index >= 15 is 0 Å². The Balaban J connectivity index is 2.29. The third kappa shape index (κ3) is 1.39. The van der Waals surface area contributed by atoms with Crippen LogP contribution in [0.3, 0.4) is 0 Å². The number of methoxy groups -OCH3 is 1. The second kappa shape index (κ2) is 3.42. The fourth-order valence-corrected chi connectivity index (χ4v) is 2.25. The molecular weight excluding hydrogens is 202 g/mol. The Bertz CT molecular complexity index is 369. The maximum atomic E-state index is 11.4. The summed E-state index contributed by atoms with van der Waals surface area (Å²) < 4.78 is 4.99. The molecule has 1 fully saturated rings. The second-order valence-electron chi connectivity index (χ2n) is 2.95.